The maximum absolute atomic E-state index is 10.4. The van der Waals surface area contributed by atoms with Gasteiger partial charge in [0.25, 0.3) is 0 Å². The first-order valence-corrected chi connectivity index (χ1v) is 8.00. The lowest BCUT2D eigenvalue weighted by Crippen LogP contribution is -2.07. The van der Waals surface area contributed by atoms with Gasteiger partial charge in [0.2, 0.25) is 0 Å². The van der Waals surface area contributed by atoms with Crippen molar-refractivity contribution < 1.29 is 9.84 Å². The quantitative estimate of drug-likeness (QED) is 0.531. The molecule has 0 aliphatic carbocycles. The number of aryl methyl sites for hydroxylation is 1. The number of hydrazone groups is 1. The van der Waals surface area contributed by atoms with Crippen LogP contribution in [0.25, 0.3) is 0 Å². The van der Waals surface area contributed by atoms with Crippen molar-refractivity contribution in [2.45, 2.75) is 6.92 Å². The van der Waals surface area contributed by atoms with Crippen LogP contribution >= 0.6 is 0 Å². The monoisotopic (exact) mass is 332 g/mol. The molecule has 2 N–H and O–H groups in total. The molecule has 3 rings (SSSR count). The molecule has 25 heavy (non-hydrogen) atoms. The fourth-order valence-corrected chi connectivity index (χ4v) is 2.46. The van der Waals surface area contributed by atoms with Gasteiger partial charge in [0, 0.05) is 17.2 Å². The third-order valence-corrected chi connectivity index (χ3v) is 3.86. The number of aromatic hydroxyl groups is 1. The van der Waals surface area contributed by atoms with Gasteiger partial charge in [-0.1, -0.05) is 48.0 Å². The molecule has 0 aliphatic heterocycles. The molecule has 126 valence electrons. The van der Waals surface area contributed by atoms with Crippen LogP contribution in [0.1, 0.15) is 16.7 Å². The summed E-state index contributed by atoms with van der Waals surface area (Å²) in [6.45, 7) is 2.04. The number of hydrogen-bond acceptors (Lipinski definition) is 4. The van der Waals surface area contributed by atoms with Gasteiger partial charge in [0.1, 0.15) is 17.2 Å². The van der Waals surface area contributed by atoms with E-state index in [1.54, 1.807) is 25.3 Å². The summed E-state index contributed by atoms with van der Waals surface area (Å²) in [5.41, 5.74) is 7.30. The van der Waals surface area contributed by atoms with Crippen molar-refractivity contribution in [2.75, 3.05) is 12.5 Å². The zero-order valence-electron chi connectivity index (χ0n) is 14.2. The van der Waals surface area contributed by atoms with E-state index in [0.29, 0.717) is 17.0 Å². The maximum atomic E-state index is 10.4. The smallest absolute Gasteiger partial charge is 0.128 e. The molecular formula is C21H20N2O2. The van der Waals surface area contributed by atoms with Crippen molar-refractivity contribution in [3.8, 4) is 11.5 Å². The van der Waals surface area contributed by atoms with Gasteiger partial charge in [-0.2, -0.15) is 5.10 Å². The highest BCUT2D eigenvalue weighted by Crippen LogP contribution is 2.26. The van der Waals surface area contributed by atoms with Crippen molar-refractivity contribution in [3.05, 3.63) is 89.5 Å². The summed E-state index contributed by atoms with van der Waals surface area (Å²) in [6, 6.07) is 22.9. The average Bonchev–Trinajstić information content (AvgIpc) is 2.65. The second-order valence-corrected chi connectivity index (χ2v) is 5.69. The molecule has 0 saturated heterocycles. The highest BCUT2D eigenvalue weighted by atomic mass is 16.5. The molecule has 0 heterocycles. The summed E-state index contributed by atoms with van der Waals surface area (Å²) in [4.78, 5) is 0. The van der Waals surface area contributed by atoms with E-state index in [0.717, 1.165) is 16.8 Å². The molecule has 4 nitrogen and oxygen atoms in total. The predicted molar refractivity (Wildman–Crippen MR) is 102 cm³/mol. The summed E-state index contributed by atoms with van der Waals surface area (Å²) in [5, 5.41) is 15.0. The minimum absolute atomic E-state index is 0.119. The third-order valence-electron chi connectivity index (χ3n) is 3.86. The SMILES string of the molecule is COc1ccc(/C(=N/Nc2ccccc2)c2ccc(C)cc2)c(O)c1. The van der Waals surface area contributed by atoms with E-state index in [9.17, 15) is 5.11 Å². The molecule has 3 aromatic carbocycles. The maximum Gasteiger partial charge on any atom is 0.128 e. The Hall–Kier alpha value is -3.27. The number of methoxy groups -OCH3 is 1. The van der Waals surface area contributed by atoms with Crippen molar-refractivity contribution in [3.63, 3.8) is 0 Å². The number of ether oxygens (including phenoxy) is 1. The van der Waals surface area contributed by atoms with E-state index in [2.05, 4.69) is 10.5 Å². The fraction of sp³-hybridized carbons (Fsp3) is 0.0952. The molecule has 4 heteroatoms. The lowest BCUT2D eigenvalue weighted by molar-refractivity contribution is 0.407. The standard InChI is InChI=1S/C21H20N2O2/c1-15-8-10-16(11-9-15)21(23-22-17-6-4-3-5-7-17)19-13-12-18(25-2)14-20(19)24/h3-14,22,24H,1-2H3/b23-21+. The summed E-state index contributed by atoms with van der Waals surface area (Å²) in [6.07, 6.45) is 0. The average molecular weight is 332 g/mol. The van der Waals surface area contributed by atoms with Gasteiger partial charge in [0.15, 0.2) is 0 Å². The Bertz CT molecular complexity index is 872. The van der Waals surface area contributed by atoms with Crippen LogP contribution in [0, 0.1) is 6.92 Å². The first kappa shape index (κ1) is 16.6. The van der Waals surface area contributed by atoms with E-state index in [4.69, 9.17) is 4.74 Å². The number of hydrogen-bond donors (Lipinski definition) is 2. The lowest BCUT2D eigenvalue weighted by atomic mass is 10.0. The molecule has 0 bridgehead atoms. The van der Waals surface area contributed by atoms with Crippen molar-refractivity contribution in [1.82, 2.24) is 0 Å². The van der Waals surface area contributed by atoms with E-state index >= 15 is 0 Å². The number of benzene rings is 3. The van der Waals surface area contributed by atoms with Crippen LogP contribution in [0.15, 0.2) is 77.9 Å². The summed E-state index contributed by atoms with van der Waals surface area (Å²) in [7, 11) is 1.57. The number of rotatable bonds is 5. The number of anilines is 1. The first-order valence-electron chi connectivity index (χ1n) is 8.00. The zero-order chi connectivity index (χ0) is 17.6. The molecule has 0 atom stereocenters. The Morgan fingerprint density at radius 2 is 1.68 bits per heavy atom. The number of phenols is 1. The highest BCUT2D eigenvalue weighted by molar-refractivity contribution is 6.14. The van der Waals surface area contributed by atoms with Gasteiger partial charge in [0.05, 0.1) is 12.8 Å². The van der Waals surface area contributed by atoms with Crippen LogP contribution in [0.4, 0.5) is 5.69 Å². The second-order valence-electron chi connectivity index (χ2n) is 5.69. The van der Waals surface area contributed by atoms with Crippen LogP contribution in [-0.2, 0) is 0 Å². The van der Waals surface area contributed by atoms with Gasteiger partial charge < -0.3 is 9.84 Å². The summed E-state index contributed by atoms with van der Waals surface area (Å²) in [5.74, 6) is 0.717. The van der Waals surface area contributed by atoms with Gasteiger partial charge in [-0.05, 0) is 31.2 Å². The minimum Gasteiger partial charge on any atom is -0.507 e. The van der Waals surface area contributed by atoms with E-state index < -0.39 is 0 Å². The first-order chi connectivity index (χ1) is 12.2. The molecule has 0 fully saturated rings. The Morgan fingerprint density at radius 1 is 0.960 bits per heavy atom. The normalized spacial score (nSPS) is 11.2. The van der Waals surface area contributed by atoms with Crippen molar-refractivity contribution in [1.29, 1.82) is 0 Å². The lowest BCUT2D eigenvalue weighted by Gasteiger charge is -2.11. The topological polar surface area (TPSA) is 53.8 Å². The van der Waals surface area contributed by atoms with Crippen LogP contribution in [0.3, 0.4) is 0 Å². The Kier molecular flexibility index (Phi) is 5.00. The summed E-state index contributed by atoms with van der Waals surface area (Å²) < 4.78 is 5.16. The third kappa shape index (κ3) is 3.98. The van der Waals surface area contributed by atoms with Crippen LogP contribution < -0.4 is 10.2 Å². The second kappa shape index (κ2) is 7.53. The molecule has 0 aromatic heterocycles. The largest absolute Gasteiger partial charge is 0.507 e. The molecule has 0 spiro atoms. The number of phenolic OH excluding ortho intramolecular Hbond substituents is 1. The van der Waals surface area contributed by atoms with Crippen molar-refractivity contribution >= 4 is 11.4 Å². The minimum atomic E-state index is 0.119. The van der Waals surface area contributed by atoms with E-state index in [-0.39, 0.29) is 5.75 Å². The van der Waals surface area contributed by atoms with Crippen molar-refractivity contribution in [2.24, 2.45) is 5.10 Å². The number of nitrogens with one attached hydrogen (secondary N) is 1. The van der Waals surface area contributed by atoms with Crippen LogP contribution in [0.2, 0.25) is 0 Å². The van der Waals surface area contributed by atoms with Gasteiger partial charge in [-0.15, -0.1) is 0 Å². The zero-order valence-corrected chi connectivity index (χ0v) is 14.2. The Morgan fingerprint density at radius 3 is 2.32 bits per heavy atom. The van der Waals surface area contributed by atoms with Crippen LogP contribution in [0.5, 0.6) is 11.5 Å². The number of para-hydroxylation sites is 1. The highest BCUT2D eigenvalue weighted by Gasteiger charge is 2.13. The van der Waals surface area contributed by atoms with Crippen LogP contribution in [-0.4, -0.2) is 17.9 Å². The summed E-state index contributed by atoms with van der Waals surface area (Å²) >= 11 is 0. The van der Waals surface area contributed by atoms with Gasteiger partial charge in [-0.3, -0.25) is 5.43 Å². The molecule has 0 saturated carbocycles. The molecule has 0 radical (unpaired) electrons. The van der Waals surface area contributed by atoms with E-state index in [1.165, 1.54) is 0 Å². The predicted octanol–water partition coefficient (Wildman–Crippen LogP) is 4.57. The number of nitrogens with zero attached hydrogens (tertiary/aromatic N) is 1. The molecule has 0 aliphatic rings. The fourth-order valence-electron chi connectivity index (χ4n) is 2.46. The Balaban J connectivity index is 2.04. The van der Waals surface area contributed by atoms with Gasteiger partial charge in [-0.25, -0.2) is 0 Å². The molecule has 0 unspecified atom stereocenters. The van der Waals surface area contributed by atoms with Gasteiger partial charge >= 0.3 is 0 Å². The Labute approximate surface area is 147 Å². The molecule has 3 aromatic rings. The molecule has 0 amide bonds. The molecular weight excluding hydrogens is 312 g/mol. The van der Waals surface area contributed by atoms with E-state index in [1.807, 2.05) is 61.5 Å².